The fourth-order valence-electron chi connectivity index (χ4n) is 2.80. The summed E-state index contributed by atoms with van der Waals surface area (Å²) in [5, 5.41) is 7.06. The van der Waals surface area contributed by atoms with Crippen LogP contribution in [-0.2, 0) is 11.3 Å². The Morgan fingerprint density at radius 2 is 1.96 bits per heavy atom. The van der Waals surface area contributed by atoms with Gasteiger partial charge in [-0.05, 0) is 55.7 Å². The number of rotatable bonds is 4. The van der Waals surface area contributed by atoms with Gasteiger partial charge < -0.3 is 9.64 Å². The van der Waals surface area contributed by atoms with E-state index >= 15 is 0 Å². The Morgan fingerprint density at radius 1 is 1.26 bits per heavy atom. The van der Waals surface area contributed by atoms with E-state index in [0.29, 0.717) is 10.6 Å². The monoisotopic (exact) mass is 332 g/mol. The Bertz CT molecular complexity index is 729. The molecule has 1 aromatic carbocycles. The van der Waals surface area contributed by atoms with Crippen LogP contribution in [0.1, 0.15) is 19.3 Å². The number of methoxy groups -OCH3 is 1. The first kappa shape index (κ1) is 15.7. The zero-order chi connectivity index (χ0) is 16.2. The second-order valence-corrected chi connectivity index (χ2v) is 6.00. The number of carbonyl (C=O) groups excluding carboxylic acids is 1. The molecular formula is C16H20N4O2S. The molecule has 0 saturated carbocycles. The maximum Gasteiger partial charge on any atom is 0.242 e. The molecule has 0 atom stereocenters. The predicted octanol–water partition coefficient (Wildman–Crippen LogP) is 2.63. The van der Waals surface area contributed by atoms with Gasteiger partial charge in [-0.25, -0.2) is 0 Å². The summed E-state index contributed by atoms with van der Waals surface area (Å²) in [7, 11) is 1.63. The third-order valence-corrected chi connectivity index (χ3v) is 4.42. The third-order valence-electron chi connectivity index (χ3n) is 4.11. The molecule has 1 aromatic heterocycles. The van der Waals surface area contributed by atoms with Crippen LogP contribution in [0, 0.1) is 4.77 Å². The van der Waals surface area contributed by atoms with Gasteiger partial charge in [0.2, 0.25) is 5.91 Å². The quantitative estimate of drug-likeness (QED) is 0.874. The normalized spacial score (nSPS) is 14.7. The first-order valence-corrected chi connectivity index (χ1v) is 8.17. The van der Waals surface area contributed by atoms with E-state index in [2.05, 4.69) is 10.2 Å². The standard InChI is InChI=1S/C16H20N4O2S/c1-22-13-7-5-12(6-8-13)15-17-18-16(23)20(15)11-14(21)19-9-3-2-4-10-19/h5-8H,2-4,9-11H2,1H3,(H,18,23). The Kier molecular flexibility index (Phi) is 4.76. The largest absolute Gasteiger partial charge is 0.497 e. The molecule has 122 valence electrons. The van der Waals surface area contributed by atoms with Crippen molar-refractivity contribution in [3.63, 3.8) is 0 Å². The molecule has 1 aliphatic heterocycles. The lowest BCUT2D eigenvalue weighted by Gasteiger charge is -2.26. The minimum absolute atomic E-state index is 0.0944. The highest BCUT2D eigenvalue weighted by atomic mass is 32.1. The molecule has 0 spiro atoms. The summed E-state index contributed by atoms with van der Waals surface area (Å²) in [5.74, 6) is 1.54. The van der Waals surface area contributed by atoms with Crippen molar-refractivity contribution in [2.24, 2.45) is 0 Å². The Labute approximate surface area is 140 Å². The molecule has 2 heterocycles. The second kappa shape index (κ2) is 6.95. The van der Waals surface area contributed by atoms with E-state index in [1.165, 1.54) is 6.42 Å². The maximum absolute atomic E-state index is 12.5. The highest BCUT2D eigenvalue weighted by Crippen LogP contribution is 2.21. The zero-order valence-electron chi connectivity index (χ0n) is 13.1. The van der Waals surface area contributed by atoms with Gasteiger partial charge in [0.25, 0.3) is 0 Å². The Morgan fingerprint density at radius 3 is 2.61 bits per heavy atom. The van der Waals surface area contributed by atoms with Crippen LogP contribution in [0.2, 0.25) is 0 Å². The van der Waals surface area contributed by atoms with Crippen LogP contribution in [0.3, 0.4) is 0 Å². The molecule has 0 bridgehead atoms. The molecule has 7 heteroatoms. The van der Waals surface area contributed by atoms with Crippen molar-refractivity contribution in [1.82, 2.24) is 19.7 Å². The van der Waals surface area contributed by atoms with E-state index < -0.39 is 0 Å². The summed E-state index contributed by atoms with van der Waals surface area (Å²) in [5.41, 5.74) is 0.893. The Hall–Kier alpha value is -2.15. The lowest BCUT2D eigenvalue weighted by molar-refractivity contribution is -0.132. The molecule has 0 unspecified atom stereocenters. The molecule has 1 amide bonds. The lowest BCUT2D eigenvalue weighted by atomic mass is 10.1. The fourth-order valence-corrected chi connectivity index (χ4v) is 3.00. The summed E-state index contributed by atoms with van der Waals surface area (Å²) in [6, 6.07) is 7.55. The van der Waals surface area contributed by atoms with Crippen molar-refractivity contribution in [3.8, 4) is 17.1 Å². The molecule has 1 N–H and O–H groups in total. The van der Waals surface area contributed by atoms with Crippen LogP contribution in [0.15, 0.2) is 24.3 Å². The van der Waals surface area contributed by atoms with E-state index in [4.69, 9.17) is 17.0 Å². The van der Waals surface area contributed by atoms with Gasteiger partial charge >= 0.3 is 0 Å². The van der Waals surface area contributed by atoms with Gasteiger partial charge in [0.15, 0.2) is 10.6 Å². The number of amides is 1. The van der Waals surface area contributed by atoms with Crippen LogP contribution in [0.5, 0.6) is 5.75 Å². The summed E-state index contributed by atoms with van der Waals surface area (Å²) in [6.45, 7) is 1.89. The third kappa shape index (κ3) is 3.44. The van der Waals surface area contributed by atoms with Crippen LogP contribution in [0.4, 0.5) is 0 Å². The van der Waals surface area contributed by atoms with Crippen LogP contribution < -0.4 is 4.74 Å². The zero-order valence-corrected chi connectivity index (χ0v) is 13.9. The molecule has 2 aromatic rings. The molecule has 3 rings (SSSR count). The average molecular weight is 332 g/mol. The minimum atomic E-state index is 0.0944. The van der Waals surface area contributed by atoms with Gasteiger partial charge in [-0.15, -0.1) is 0 Å². The molecular weight excluding hydrogens is 312 g/mol. The first-order valence-electron chi connectivity index (χ1n) is 7.76. The van der Waals surface area contributed by atoms with E-state index in [0.717, 1.165) is 37.2 Å². The topological polar surface area (TPSA) is 63.1 Å². The molecule has 1 saturated heterocycles. The van der Waals surface area contributed by atoms with E-state index in [-0.39, 0.29) is 12.5 Å². The minimum Gasteiger partial charge on any atom is -0.497 e. The van der Waals surface area contributed by atoms with E-state index in [1.54, 1.807) is 11.7 Å². The van der Waals surface area contributed by atoms with Crippen molar-refractivity contribution in [2.75, 3.05) is 20.2 Å². The van der Waals surface area contributed by atoms with Gasteiger partial charge in [0.1, 0.15) is 12.3 Å². The molecule has 6 nitrogen and oxygen atoms in total. The predicted molar refractivity (Wildman–Crippen MR) is 89.8 cm³/mol. The van der Waals surface area contributed by atoms with Crippen molar-refractivity contribution >= 4 is 18.1 Å². The van der Waals surface area contributed by atoms with Gasteiger partial charge in [-0.1, -0.05) is 0 Å². The number of aromatic amines is 1. The van der Waals surface area contributed by atoms with Gasteiger partial charge in [-0.3, -0.25) is 14.5 Å². The Balaban J connectivity index is 1.83. The first-order chi connectivity index (χ1) is 11.2. The highest BCUT2D eigenvalue weighted by molar-refractivity contribution is 7.71. The number of ether oxygens (including phenoxy) is 1. The highest BCUT2D eigenvalue weighted by Gasteiger charge is 2.19. The molecule has 23 heavy (non-hydrogen) atoms. The molecule has 0 radical (unpaired) electrons. The number of likely N-dealkylation sites (tertiary alicyclic amines) is 1. The molecule has 1 fully saturated rings. The number of nitrogens with zero attached hydrogens (tertiary/aromatic N) is 3. The average Bonchev–Trinajstić information content (AvgIpc) is 2.96. The number of aromatic nitrogens is 3. The van der Waals surface area contributed by atoms with Crippen molar-refractivity contribution in [1.29, 1.82) is 0 Å². The van der Waals surface area contributed by atoms with E-state index in [9.17, 15) is 4.79 Å². The number of benzene rings is 1. The van der Waals surface area contributed by atoms with Crippen LogP contribution >= 0.6 is 12.2 Å². The summed E-state index contributed by atoms with van der Waals surface area (Å²) in [4.78, 5) is 14.4. The van der Waals surface area contributed by atoms with Gasteiger partial charge in [0.05, 0.1) is 7.11 Å². The number of H-pyrrole nitrogens is 1. The van der Waals surface area contributed by atoms with Crippen molar-refractivity contribution in [2.45, 2.75) is 25.8 Å². The maximum atomic E-state index is 12.5. The van der Waals surface area contributed by atoms with Crippen molar-refractivity contribution < 1.29 is 9.53 Å². The SMILES string of the molecule is COc1ccc(-c2n[nH]c(=S)n2CC(=O)N2CCCCC2)cc1. The fraction of sp³-hybridized carbons (Fsp3) is 0.438. The van der Waals surface area contributed by atoms with Crippen LogP contribution in [-0.4, -0.2) is 45.8 Å². The number of nitrogens with one attached hydrogen (secondary N) is 1. The van der Waals surface area contributed by atoms with Crippen LogP contribution in [0.25, 0.3) is 11.4 Å². The number of hydrogen-bond acceptors (Lipinski definition) is 4. The number of piperidine rings is 1. The lowest BCUT2D eigenvalue weighted by Crippen LogP contribution is -2.37. The van der Waals surface area contributed by atoms with Crippen molar-refractivity contribution in [3.05, 3.63) is 29.0 Å². The second-order valence-electron chi connectivity index (χ2n) is 5.61. The smallest absolute Gasteiger partial charge is 0.242 e. The van der Waals surface area contributed by atoms with E-state index in [1.807, 2.05) is 29.2 Å². The number of carbonyl (C=O) groups is 1. The summed E-state index contributed by atoms with van der Waals surface area (Å²) in [6.07, 6.45) is 3.35. The number of hydrogen-bond donors (Lipinski definition) is 1. The van der Waals surface area contributed by atoms with Gasteiger partial charge in [-0.2, -0.15) is 5.10 Å². The molecule has 0 aliphatic carbocycles. The summed E-state index contributed by atoms with van der Waals surface area (Å²) >= 11 is 5.29. The molecule has 1 aliphatic rings. The van der Waals surface area contributed by atoms with Gasteiger partial charge in [0, 0.05) is 18.7 Å². The summed E-state index contributed by atoms with van der Waals surface area (Å²) < 4.78 is 7.39.